The Balaban J connectivity index is 3.56. The molecule has 0 aliphatic rings. The van der Waals surface area contributed by atoms with Crippen molar-refractivity contribution in [2.45, 2.75) is 238 Å². The first-order valence-electron chi connectivity index (χ1n) is 24.5. The van der Waals surface area contributed by atoms with E-state index in [4.69, 9.17) is 9.47 Å². The van der Waals surface area contributed by atoms with Crippen molar-refractivity contribution in [3.63, 3.8) is 0 Å². The number of carbonyl (C=O) groups is 2. The Hall–Kier alpha value is -2.66. The van der Waals surface area contributed by atoms with E-state index in [9.17, 15) is 14.7 Å². The highest BCUT2D eigenvalue weighted by Gasteiger charge is 2.16. The minimum atomic E-state index is -0.783. The number of aliphatic hydroxyl groups is 1. The van der Waals surface area contributed by atoms with Crippen molar-refractivity contribution < 1.29 is 24.2 Å². The van der Waals surface area contributed by atoms with Crippen LogP contribution in [0.1, 0.15) is 232 Å². The molecule has 0 bridgehead atoms. The molecule has 0 aromatic carbocycles. The summed E-state index contributed by atoms with van der Waals surface area (Å²) < 4.78 is 10.7. The molecule has 0 aliphatic carbocycles. The summed E-state index contributed by atoms with van der Waals surface area (Å²) in [7, 11) is 0. The number of allylic oxidation sites excluding steroid dienone is 12. The number of aliphatic hydroxyl groups excluding tert-OH is 1. The zero-order valence-electron chi connectivity index (χ0n) is 38.0. The maximum atomic E-state index is 12.3. The van der Waals surface area contributed by atoms with Gasteiger partial charge in [0, 0.05) is 12.8 Å². The van der Waals surface area contributed by atoms with Gasteiger partial charge in [-0.2, -0.15) is 0 Å². The van der Waals surface area contributed by atoms with E-state index < -0.39 is 6.10 Å². The Labute approximate surface area is 359 Å². The Kier molecular flexibility index (Phi) is 46.5. The molecule has 1 atom stereocenters. The van der Waals surface area contributed by atoms with Gasteiger partial charge in [-0.05, 0) is 89.9 Å². The highest BCUT2D eigenvalue weighted by atomic mass is 16.6. The number of hydrogen-bond acceptors (Lipinski definition) is 5. The zero-order valence-corrected chi connectivity index (χ0v) is 38.0. The van der Waals surface area contributed by atoms with E-state index in [1.807, 2.05) is 0 Å². The molecule has 0 heterocycles. The molecule has 0 fully saturated rings. The van der Waals surface area contributed by atoms with Crippen molar-refractivity contribution in [1.82, 2.24) is 0 Å². The fraction of sp³-hybridized carbons (Fsp3) is 0.736. The van der Waals surface area contributed by atoms with E-state index in [-0.39, 0.29) is 25.2 Å². The molecule has 0 aliphatic heterocycles. The molecule has 0 aromatic rings. The standard InChI is InChI=1S/C53H92O5/c1-3-5-7-9-11-13-15-17-19-21-23-24-25-26-27-28-30-32-34-36-38-40-42-44-46-48-53(56)58-51(49-54)50-57-52(55)47-45-43-41-39-37-35-33-31-29-22-20-18-16-14-12-10-8-6-4-2/h12,14-15,17-18,20-21,23,25-26,29,31,51,54H,3-11,13,16,19,22,24,27-28,30,32-50H2,1-2H3/b14-12-,17-15-,20-18-,23-21-,26-25-,31-29-. The van der Waals surface area contributed by atoms with Gasteiger partial charge in [-0.1, -0.05) is 202 Å². The highest BCUT2D eigenvalue weighted by Crippen LogP contribution is 2.14. The molecule has 0 saturated carbocycles. The molecule has 0 rings (SSSR count). The molecule has 5 nitrogen and oxygen atoms in total. The number of ether oxygens (including phenoxy) is 2. The average molecular weight is 809 g/mol. The van der Waals surface area contributed by atoms with Crippen LogP contribution in [0, 0.1) is 0 Å². The van der Waals surface area contributed by atoms with Crippen molar-refractivity contribution in [1.29, 1.82) is 0 Å². The highest BCUT2D eigenvalue weighted by molar-refractivity contribution is 5.70. The van der Waals surface area contributed by atoms with Crippen LogP contribution in [0.5, 0.6) is 0 Å². The van der Waals surface area contributed by atoms with Gasteiger partial charge in [0.25, 0.3) is 0 Å². The van der Waals surface area contributed by atoms with Crippen LogP contribution in [-0.4, -0.2) is 36.4 Å². The Morgan fingerprint density at radius 3 is 1.07 bits per heavy atom. The van der Waals surface area contributed by atoms with Gasteiger partial charge < -0.3 is 14.6 Å². The van der Waals surface area contributed by atoms with Crippen molar-refractivity contribution in [2.75, 3.05) is 13.2 Å². The second-order valence-electron chi connectivity index (χ2n) is 16.2. The van der Waals surface area contributed by atoms with Gasteiger partial charge in [-0.15, -0.1) is 0 Å². The molecule has 0 amide bonds. The molecule has 0 radical (unpaired) electrons. The molecule has 5 heteroatoms. The quantitative estimate of drug-likeness (QED) is 0.0377. The van der Waals surface area contributed by atoms with Crippen LogP contribution in [0.25, 0.3) is 0 Å². The van der Waals surface area contributed by atoms with Crippen LogP contribution in [0.4, 0.5) is 0 Å². The summed E-state index contributed by atoms with van der Waals surface area (Å²) in [4.78, 5) is 24.4. The molecule has 1 unspecified atom stereocenters. The molecule has 58 heavy (non-hydrogen) atoms. The molecule has 1 N–H and O–H groups in total. The lowest BCUT2D eigenvalue weighted by molar-refractivity contribution is -0.161. The largest absolute Gasteiger partial charge is 0.462 e. The molecular formula is C53H92O5. The van der Waals surface area contributed by atoms with Crippen LogP contribution < -0.4 is 0 Å². The number of rotatable bonds is 44. The third-order valence-corrected chi connectivity index (χ3v) is 10.5. The first-order chi connectivity index (χ1) is 28.6. The number of carbonyl (C=O) groups excluding carboxylic acids is 2. The van der Waals surface area contributed by atoms with Gasteiger partial charge in [-0.3, -0.25) is 9.59 Å². The van der Waals surface area contributed by atoms with Crippen LogP contribution in [0.3, 0.4) is 0 Å². The zero-order chi connectivity index (χ0) is 42.1. The number of hydrogen-bond donors (Lipinski definition) is 1. The van der Waals surface area contributed by atoms with Crippen LogP contribution >= 0.6 is 0 Å². The minimum Gasteiger partial charge on any atom is -0.462 e. The molecule has 0 spiro atoms. The summed E-state index contributed by atoms with van der Waals surface area (Å²) in [6.45, 7) is 4.09. The van der Waals surface area contributed by atoms with Crippen molar-refractivity contribution in [3.05, 3.63) is 72.9 Å². The van der Waals surface area contributed by atoms with Gasteiger partial charge in [0.15, 0.2) is 6.10 Å². The monoisotopic (exact) mass is 809 g/mol. The van der Waals surface area contributed by atoms with Gasteiger partial charge in [0.05, 0.1) is 6.61 Å². The third-order valence-electron chi connectivity index (χ3n) is 10.5. The maximum Gasteiger partial charge on any atom is 0.306 e. The van der Waals surface area contributed by atoms with Gasteiger partial charge in [0.2, 0.25) is 0 Å². The van der Waals surface area contributed by atoms with E-state index in [0.717, 1.165) is 70.6 Å². The maximum absolute atomic E-state index is 12.3. The SMILES string of the molecule is CCCCC/C=C\C/C=C\C/C=C\CCCCCCCCC(=O)OCC(CO)OC(=O)CCCCCCCCCCCC/C=C\C/C=C\C/C=C\CCCCCCC. The predicted octanol–water partition coefficient (Wildman–Crippen LogP) is 16.1. The lowest BCUT2D eigenvalue weighted by atomic mass is 10.0. The second kappa shape index (κ2) is 48.7. The summed E-state index contributed by atoms with van der Waals surface area (Å²) in [6.07, 6.45) is 65.5. The van der Waals surface area contributed by atoms with Crippen LogP contribution in [0.2, 0.25) is 0 Å². The van der Waals surface area contributed by atoms with E-state index in [0.29, 0.717) is 12.8 Å². The van der Waals surface area contributed by atoms with Crippen molar-refractivity contribution in [3.8, 4) is 0 Å². The predicted molar refractivity (Wildman–Crippen MR) is 251 cm³/mol. The lowest BCUT2D eigenvalue weighted by Gasteiger charge is -2.15. The molecule has 0 aromatic heterocycles. The third kappa shape index (κ3) is 46.0. The smallest absolute Gasteiger partial charge is 0.306 e. The summed E-state index contributed by atoms with van der Waals surface area (Å²) >= 11 is 0. The first kappa shape index (κ1) is 55.3. The van der Waals surface area contributed by atoms with E-state index in [2.05, 4.69) is 86.8 Å². The molecule has 334 valence electrons. The summed E-state index contributed by atoms with van der Waals surface area (Å²) in [6, 6.07) is 0. The second-order valence-corrected chi connectivity index (χ2v) is 16.2. The topological polar surface area (TPSA) is 72.8 Å². The van der Waals surface area contributed by atoms with E-state index in [1.54, 1.807) is 0 Å². The van der Waals surface area contributed by atoms with Gasteiger partial charge >= 0.3 is 11.9 Å². The Bertz CT molecular complexity index is 1050. The van der Waals surface area contributed by atoms with Gasteiger partial charge in [0.1, 0.15) is 6.61 Å². The Morgan fingerprint density at radius 2 is 0.690 bits per heavy atom. The minimum absolute atomic E-state index is 0.0769. The van der Waals surface area contributed by atoms with Crippen LogP contribution in [-0.2, 0) is 19.1 Å². The molecular weight excluding hydrogens is 717 g/mol. The van der Waals surface area contributed by atoms with E-state index >= 15 is 0 Å². The van der Waals surface area contributed by atoms with E-state index in [1.165, 1.54) is 135 Å². The Morgan fingerprint density at radius 1 is 0.397 bits per heavy atom. The normalized spacial score (nSPS) is 12.8. The van der Waals surface area contributed by atoms with Crippen molar-refractivity contribution >= 4 is 11.9 Å². The average Bonchev–Trinajstić information content (AvgIpc) is 3.23. The summed E-state index contributed by atoms with van der Waals surface area (Å²) in [5, 5.41) is 9.61. The van der Waals surface area contributed by atoms with Gasteiger partial charge in [-0.25, -0.2) is 0 Å². The summed E-state index contributed by atoms with van der Waals surface area (Å²) in [5.74, 6) is -0.609. The summed E-state index contributed by atoms with van der Waals surface area (Å²) in [5.41, 5.74) is 0. The molecule has 0 saturated heterocycles. The lowest BCUT2D eigenvalue weighted by Crippen LogP contribution is -2.28. The number of esters is 2. The fourth-order valence-electron chi connectivity index (χ4n) is 6.74. The van der Waals surface area contributed by atoms with Crippen LogP contribution in [0.15, 0.2) is 72.9 Å². The van der Waals surface area contributed by atoms with Crippen molar-refractivity contribution in [2.24, 2.45) is 0 Å². The fourth-order valence-corrected chi connectivity index (χ4v) is 6.74. The number of unbranched alkanes of at least 4 members (excludes halogenated alkanes) is 24. The first-order valence-corrected chi connectivity index (χ1v) is 24.5.